The topological polar surface area (TPSA) is 49.9 Å². The van der Waals surface area contributed by atoms with Crippen LogP contribution < -0.4 is 4.80 Å². The summed E-state index contributed by atoms with van der Waals surface area (Å²) >= 11 is 1.55. The van der Waals surface area contributed by atoms with Crippen molar-refractivity contribution < 1.29 is 5.11 Å². The van der Waals surface area contributed by atoms with Gasteiger partial charge in [-0.3, -0.25) is 9.56 Å². The molecule has 1 aromatic heterocycles. The van der Waals surface area contributed by atoms with Gasteiger partial charge in [0.2, 0.25) is 5.88 Å². The molecule has 0 unspecified atom stereocenters. The largest absolute Gasteiger partial charge is 0.493 e. The molecule has 1 aliphatic carbocycles. The van der Waals surface area contributed by atoms with Crippen molar-refractivity contribution in [1.29, 1.82) is 0 Å². The third kappa shape index (κ3) is 3.36. The fraction of sp³-hybridized carbons (Fsp3) is 0.250. The molecule has 29 heavy (non-hydrogen) atoms. The Morgan fingerprint density at radius 1 is 1.07 bits per heavy atom. The summed E-state index contributed by atoms with van der Waals surface area (Å²) in [5.41, 5.74) is 5.07. The second-order valence-corrected chi connectivity index (χ2v) is 8.61. The standard InChI is InChI=1S/C24H23N3OS/c1-16-20(19-13-7-8-14-21(19)25-16)15-22-23(28)27(18-11-5-6-12-18)24(29-22)26-17-9-3-2-4-10-17/h2-4,7-10,13-15,18,28H,5-6,11-12H2,1H3/b20-15+,26-24?. The number of aromatic nitrogens is 1. The molecular weight excluding hydrogens is 378 g/mol. The van der Waals surface area contributed by atoms with E-state index in [4.69, 9.17) is 4.99 Å². The number of nitrogens with zero attached hydrogens (tertiary/aromatic N) is 3. The van der Waals surface area contributed by atoms with Gasteiger partial charge in [0.05, 0.1) is 16.3 Å². The first kappa shape index (κ1) is 18.1. The molecule has 5 rings (SSSR count). The lowest BCUT2D eigenvalue weighted by Crippen LogP contribution is -2.18. The van der Waals surface area contributed by atoms with Crippen molar-refractivity contribution in [1.82, 2.24) is 4.57 Å². The van der Waals surface area contributed by atoms with Crippen LogP contribution in [0.25, 0.3) is 11.6 Å². The number of fused-ring (bicyclic) bond motifs is 1. The Morgan fingerprint density at radius 2 is 1.79 bits per heavy atom. The molecule has 1 saturated carbocycles. The lowest BCUT2D eigenvalue weighted by Gasteiger charge is -2.12. The Morgan fingerprint density at radius 3 is 2.59 bits per heavy atom. The summed E-state index contributed by atoms with van der Waals surface area (Å²) in [4.78, 5) is 11.2. The first-order chi connectivity index (χ1) is 14.2. The van der Waals surface area contributed by atoms with Crippen molar-refractivity contribution in [2.75, 3.05) is 0 Å². The Bertz CT molecular complexity index is 1180. The number of allylic oxidation sites excluding steroid dienone is 1. The highest BCUT2D eigenvalue weighted by atomic mass is 32.1. The van der Waals surface area contributed by atoms with E-state index in [2.05, 4.69) is 17.1 Å². The molecule has 3 aromatic rings. The second kappa shape index (κ2) is 7.48. The van der Waals surface area contributed by atoms with Crippen LogP contribution in [-0.4, -0.2) is 15.4 Å². The average molecular weight is 402 g/mol. The summed E-state index contributed by atoms with van der Waals surface area (Å²) in [5.74, 6) is 0.321. The average Bonchev–Trinajstić information content (AvgIpc) is 3.43. The van der Waals surface area contributed by atoms with Gasteiger partial charge in [-0.1, -0.05) is 60.6 Å². The van der Waals surface area contributed by atoms with E-state index < -0.39 is 0 Å². The van der Waals surface area contributed by atoms with Crippen LogP contribution in [0.2, 0.25) is 0 Å². The number of hydrogen-bond donors (Lipinski definition) is 1. The molecule has 0 spiro atoms. The molecule has 1 N–H and O–H groups in total. The number of hydrogen-bond acceptors (Lipinski definition) is 4. The van der Waals surface area contributed by atoms with Gasteiger partial charge in [0.25, 0.3) is 0 Å². The second-order valence-electron chi connectivity index (χ2n) is 7.60. The minimum atomic E-state index is 0.312. The summed E-state index contributed by atoms with van der Waals surface area (Å²) in [6.07, 6.45) is 6.65. The molecule has 0 atom stereocenters. The van der Waals surface area contributed by atoms with Gasteiger partial charge in [0, 0.05) is 22.9 Å². The Balaban J connectivity index is 1.66. The van der Waals surface area contributed by atoms with E-state index in [1.54, 1.807) is 11.3 Å². The van der Waals surface area contributed by atoms with Crippen LogP contribution in [0, 0.1) is 0 Å². The zero-order valence-electron chi connectivity index (χ0n) is 16.4. The maximum Gasteiger partial charge on any atom is 0.211 e. The van der Waals surface area contributed by atoms with Crippen LogP contribution in [0.4, 0.5) is 11.4 Å². The minimum Gasteiger partial charge on any atom is -0.493 e. The Labute approximate surface area is 174 Å². The van der Waals surface area contributed by atoms with Crippen molar-refractivity contribution in [3.63, 3.8) is 0 Å². The summed E-state index contributed by atoms with van der Waals surface area (Å²) in [6.45, 7) is 2.02. The third-order valence-electron chi connectivity index (χ3n) is 5.67. The maximum absolute atomic E-state index is 11.2. The molecule has 146 valence electrons. The SMILES string of the molecule is CC1=Nc2ccccc2/C1=C/c1sc(=Nc2ccccc2)n(C2CCCC2)c1O. The highest BCUT2D eigenvalue weighted by Crippen LogP contribution is 2.39. The van der Waals surface area contributed by atoms with Crippen LogP contribution in [-0.2, 0) is 0 Å². The van der Waals surface area contributed by atoms with E-state index in [9.17, 15) is 5.11 Å². The normalized spacial score (nSPS) is 18.4. The molecule has 5 heteroatoms. The van der Waals surface area contributed by atoms with Crippen LogP contribution in [0.15, 0.2) is 64.6 Å². The van der Waals surface area contributed by atoms with Crippen molar-refractivity contribution in [2.45, 2.75) is 38.6 Å². The number of aliphatic imine (C=N–C) groups is 1. The van der Waals surface area contributed by atoms with Crippen LogP contribution in [0.5, 0.6) is 5.88 Å². The van der Waals surface area contributed by atoms with E-state index in [0.717, 1.165) is 50.7 Å². The molecule has 2 heterocycles. The number of benzene rings is 2. The molecular formula is C24H23N3OS. The fourth-order valence-corrected chi connectivity index (χ4v) is 5.27. The zero-order chi connectivity index (χ0) is 19.8. The zero-order valence-corrected chi connectivity index (χ0v) is 17.2. The highest BCUT2D eigenvalue weighted by Gasteiger charge is 2.24. The molecule has 2 aromatic carbocycles. The van der Waals surface area contributed by atoms with E-state index in [0.29, 0.717) is 11.9 Å². The van der Waals surface area contributed by atoms with Crippen molar-refractivity contribution in [3.8, 4) is 5.88 Å². The fourth-order valence-electron chi connectivity index (χ4n) is 4.23. The summed E-state index contributed by atoms with van der Waals surface area (Å²) in [7, 11) is 0. The van der Waals surface area contributed by atoms with Crippen LogP contribution in [0.1, 0.15) is 49.1 Å². The first-order valence-corrected chi connectivity index (χ1v) is 10.9. The molecule has 4 nitrogen and oxygen atoms in total. The van der Waals surface area contributed by atoms with Crippen molar-refractivity contribution >= 4 is 40.1 Å². The lowest BCUT2D eigenvalue weighted by atomic mass is 10.0. The predicted octanol–water partition coefficient (Wildman–Crippen LogP) is 6.25. The van der Waals surface area contributed by atoms with E-state index in [-0.39, 0.29) is 0 Å². The maximum atomic E-state index is 11.2. The van der Waals surface area contributed by atoms with Crippen LogP contribution in [0.3, 0.4) is 0 Å². The Hall–Kier alpha value is -2.92. The molecule has 0 saturated heterocycles. The molecule has 2 aliphatic rings. The highest BCUT2D eigenvalue weighted by molar-refractivity contribution is 7.10. The van der Waals surface area contributed by atoms with Crippen molar-refractivity contribution in [2.24, 2.45) is 9.98 Å². The third-order valence-corrected chi connectivity index (χ3v) is 6.67. The van der Waals surface area contributed by atoms with E-state index in [1.807, 2.05) is 60.0 Å². The van der Waals surface area contributed by atoms with Gasteiger partial charge < -0.3 is 5.11 Å². The van der Waals surface area contributed by atoms with Gasteiger partial charge in [-0.2, -0.15) is 0 Å². The van der Waals surface area contributed by atoms with Crippen molar-refractivity contribution in [3.05, 3.63) is 69.8 Å². The summed E-state index contributed by atoms with van der Waals surface area (Å²) < 4.78 is 2.05. The summed E-state index contributed by atoms with van der Waals surface area (Å²) in [6, 6.07) is 18.4. The first-order valence-electron chi connectivity index (χ1n) is 10.1. The monoisotopic (exact) mass is 401 g/mol. The molecule has 1 aliphatic heterocycles. The van der Waals surface area contributed by atoms with Crippen LogP contribution >= 0.6 is 11.3 Å². The van der Waals surface area contributed by atoms with Gasteiger partial charge in [-0.05, 0) is 44.0 Å². The summed E-state index contributed by atoms with van der Waals surface area (Å²) in [5, 5.41) is 11.2. The van der Waals surface area contributed by atoms with E-state index >= 15 is 0 Å². The minimum absolute atomic E-state index is 0.312. The van der Waals surface area contributed by atoms with Gasteiger partial charge in [-0.25, -0.2) is 4.99 Å². The lowest BCUT2D eigenvalue weighted by molar-refractivity contribution is 0.375. The van der Waals surface area contributed by atoms with Gasteiger partial charge in [0.1, 0.15) is 0 Å². The smallest absolute Gasteiger partial charge is 0.211 e. The van der Waals surface area contributed by atoms with Gasteiger partial charge >= 0.3 is 0 Å². The molecule has 1 fully saturated rings. The quantitative estimate of drug-likeness (QED) is 0.554. The number of aromatic hydroxyl groups is 1. The van der Waals surface area contributed by atoms with Gasteiger partial charge in [-0.15, -0.1) is 0 Å². The molecule has 0 amide bonds. The van der Waals surface area contributed by atoms with E-state index in [1.165, 1.54) is 12.8 Å². The number of rotatable bonds is 3. The van der Waals surface area contributed by atoms with Gasteiger partial charge in [0.15, 0.2) is 4.80 Å². The molecule has 0 radical (unpaired) electrons. The number of thiazole rings is 1. The Kier molecular flexibility index (Phi) is 4.68. The number of para-hydroxylation sites is 2. The molecule has 0 bridgehead atoms. The predicted molar refractivity (Wildman–Crippen MR) is 120 cm³/mol.